The van der Waals surface area contributed by atoms with Gasteiger partial charge in [-0.1, -0.05) is 135 Å². The molecule has 0 fully saturated rings. The minimum atomic E-state index is -1.41. The number of fused-ring (bicyclic) bond motifs is 1. The molecule has 0 aliphatic rings. The van der Waals surface area contributed by atoms with Crippen LogP contribution in [0.15, 0.2) is 140 Å². The van der Waals surface area contributed by atoms with Crippen LogP contribution in [0.3, 0.4) is 0 Å². The largest absolute Gasteiger partial charge is 0.310 e. The smallest absolute Gasteiger partial charge is 0.0775 e. The molecule has 8 aromatic carbocycles. The lowest BCUT2D eigenvalue weighted by Gasteiger charge is -2.28. The van der Waals surface area contributed by atoms with Gasteiger partial charge in [-0.15, -0.1) is 0 Å². The molecule has 0 unspecified atom stereocenters. The molecule has 0 bridgehead atoms. The molecule has 0 saturated carbocycles. The van der Waals surface area contributed by atoms with Crippen LogP contribution in [-0.4, -0.2) is 16.1 Å². The van der Waals surface area contributed by atoms with Crippen LogP contribution >= 0.6 is 0 Å². The van der Waals surface area contributed by atoms with E-state index >= 15 is 0 Å². The first-order chi connectivity index (χ1) is 22.5. The van der Waals surface area contributed by atoms with Crippen LogP contribution in [0, 0.1) is 0 Å². The van der Waals surface area contributed by atoms with Crippen LogP contribution in [-0.2, 0) is 0 Å². The minimum Gasteiger partial charge on any atom is -0.310 e. The molecule has 0 spiro atoms. The van der Waals surface area contributed by atoms with Gasteiger partial charge >= 0.3 is 0 Å². The van der Waals surface area contributed by atoms with Gasteiger partial charge in [-0.2, -0.15) is 0 Å². The summed E-state index contributed by atoms with van der Waals surface area (Å²) in [5.74, 6) is 0. The third-order valence-corrected chi connectivity index (χ3v) is 14.0. The SMILES string of the molecule is C[Si](C)(C)c1ccc(N(c2ccc([Si](C)(C)C)cc2)c2cc3ccc4cc(-c5ccc6ccccc6c5)cc5ccc(c2)c3c45)cc1. The standard InChI is InChI=1S/C44H41NSi2/c1-46(2,3)41-21-17-38(18-22-41)45(39-19-23-42(24-20-39)47(4,5)6)40-28-35-15-13-33-26-37(27-34-14-16-36(29-40)44(35)43(33)34)32-12-11-30-9-7-8-10-31(30)25-32/h7-29H,1-6H3. The van der Waals surface area contributed by atoms with Crippen molar-refractivity contribution in [2.45, 2.75) is 39.3 Å². The Kier molecular flexibility index (Phi) is 6.91. The van der Waals surface area contributed by atoms with E-state index in [9.17, 15) is 0 Å². The molecule has 8 aromatic rings. The van der Waals surface area contributed by atoms with Gasteiger partial charge in [0.1, 0.15) is 0 Å². The van der Waals surface area contributed by atoms with E-state index in [1.54, 1.807) is 0 Å². The van der Waals surface area contributed by atoms with Crippen molar-refractivity contribution in [2.75, 3.05) is 4.90 Å². The average Bonchev–Trinajstić information content (AvgIpc) is 3.06. The van der Waals surface area contributed by atoms with Gasteiger partial charge in [0.25, 0.3) is 0 Å². The van der Waals surface area contributed by atoms with Crippen molar-refractivity contribution in [2.24, 2.45) is 0 Å². The molecule has 230 valence electrons. The Hall–Kier alpha value is -4.71. The molecule has 0 aliphatic carbocycles. The summed E-state index contributed by atoms with van der Waals surface area (Å²) < 4.78 is 0. The molecule has 0 N–H and O–H groups in total. The highest BCUT2D eigenvalue weighted by Crippen LogP contribution is 2.42. The summed E-state index contributed by atoms with van der Waals surface area (Å²) in [6.45, 7) is 14.5. The fraction of sp³-hybridized carbons (Fsp3) is 0.136. The van der Waals surface area contributed by atoms with Crippen LogP contribution in [0.5, 0.6) is 0 Å². The second kappa shape index (κ2) is 10.9. The monoisotopic (exact) mass is 639 g/mol. The Balaban J connectivity index is 1.27. The van der Waals surface area contributed by atoms with Crippen molar-refractivity contribution in [3.8, 4) is 11.1 Å². The molecule has 0 atom stereocenters. The maximum atomic E-state index is 2.44. The number of rotatable bonds is 6. The minimum absolute atomic E-state index is 1.19. The quantitative estimate of drug-likeness (QED) is 0.129. The molecule has 0 saturated heterocycles. The van der Waals surface area contributed by atoms with Crippen LogP contribution in [0.1, 0.15) is 0 Å². The second-order valence-corrected chi connectivity index (χ2v) is 25.3. The van der Waals surface area contributed by atoms with Crippen LogP contribution < -0.4 is 15.3 Å². The van der Waals surface area contributed by atoms with Crippen molar-refractivity contribution in [1.29, 1.82) is 0 Å². The highest BCUT2D eigenvalue weighted by atomic mass is 28.3. The highest BCUT2D eigenvalue weighted by Gasteiger charge is 2.21. The van der Waals surface area contributed by atoms with Gasteiger partial charge in [0.2, 0.25) is 0 Å². The summed E-state index contributed by atoms with van der Waals surface area (Å²) >= 11 is 0. The lowest BCUT2D eigenvalue weighted by Crippen LogP contribution is -2.37. The van der Waals surface area contributed by atoms with Crippen LogP contribution in [0.2, 0.25) is 39.3 Å². The maximum Gasteiger partial charge on any atom is 0.0775 e. The zero-order valence-electron chi connectivity index (χ0n) is 28.2. The van der Waals surface area contributed by atoms with Crippen molar-refractivity contribution < 1.29 is 0 Å². The van der Waals surface area contributed by atoms with E-state index in [4.69, 9.17) is 0 Å². The van der Waals surface area contributed by atoms with Gasteiger partial charge in [0, 0.05) is 17.1 Å². The summed E-state index contributed by atoms with van der Waals surface area (Å²) in [5.41, 5.74) is 6.10. The van der Waals surface area contributed by atoms with Gasteiger partial charge < -0.3 is 4.90 Å². The third-order valence-electron chi connectivity index (χ3n) is 9.84. The average molecular weight is 640 g/mol. The summed E-state index contributed by atoms with van der Waals surface area (Å²) in [7, 11) is -2.82. The van der Waals surface area contributed by atoms with Crippen molar-refractivity contribution in [3.63, 3.8) is 0 Å². The molecule has 47 heavy (non-hydrogen) atoms. The van der Waals surface area contributed by atoms with Gasteiger partial charge in [-0.3, -0.25) is 0 Å². The predicted octanol–water partition coefficient (Wildman–Crippen LogP) is 12.0. The fourth-order valence-corrected chi connectivity index (χ4v) is 9.49. The van der Waals surface area contributed by atoms with Crippen LogP contribution in [0.4, 0.5) is 17.1 Å². The molecule has 8 rings (SSSR count). The van der Waals surface area contributed by atoms with E-state index in [2.05, 4.69) is 184 Å². The fourth-order valence-electron chi connectivity index (χ4n) is 7.15. The number of nitrogens with zero attached hydrogens (tertiary/aromatic N) is 1. The first-order valence-corrected chi connectivity index (χ1v) is 23.8. The lowest BCUT2D eigenvalue weighted by molar-refractivity contribution is 1.29. The Morgan fingerprint density at radius 2 is 0.745 bits per heavy atom. The van der Waals surface area contributed by atoms with Gasteiger partial charge in [0.15, 0.2) is 0 Å². The van der Waals surface area contributed by atoms with E-state index in [0.29, 0.717) is 0 Å². The molecule has 0 amide bonds. The molecule has 3 heteroatoms. The van der Waals surface area contributed by atoms with E-state index in [0.717, 1.165) is 0 Å². The molecule has 0 radical (unpaired) electrons. The van der Waals surface area contributed by atoms with Gasteiger partial charge in [-0.25, -0.2) is 0 Å². The lowest BCUT2D eigenvalue weighted by atomic mass is 9.90. The summed E-state index contributed by atoms with van der Waals surface area (Å²) in [6.07, 6.45) is 0. The summed E-state index contributed by atoms with van der Waals surface area (Å²) in [6, 6.07) is 52.8. The normalized spacial score (nSPS) is 12.5. The Labute approximate surface area is 280 Å². The molecule has 0 aliphatic heterocycles. The Morgan fingerprint density at radius 3 is 1.21 bits per heavy atom. The second-order valence-electron chi connectivity index (χ2n) is 15.2. The number of anilines is 3. The maximum absolute atomic E-state index is 2.44. The highest BCUT2D eigenvalue weighted by molar-refractivity contribution is 6.89. The summed E-state index contributed by atoms with van der Waals surface area (Å²) in [5, 5.41) is 13.3. The van der Waals surface area contributed by atoms with Gasteiger partial charge in [0.05, 0.1) is 16.1 Å². The number of benzene rings is 8. The third kappa shape index (κ3) is 5.34. The Bertz CT molecular complexity index is 2290. The molecule has 0 heterocycles. The molecule has 1 nitrogen and oxygen atoms in total. The Morgan fingerprint density at radius 1 is 0.340 bits per heavy atom. The van der Waals surface area contributed by atoms with Crippen molar-refractivity contribution in [1.82, 2.24) is 0 Å². The zero-order chi connectivity index (χ0) is 32.5. The number of hydrogen-bond donors (Lipinski definition) is 0. The van der Waals surface area contributed by atoms with E-state index in [1.807, 2.05) is 0 Å². The predicted molar refractivity (Wildman–Crippen MR) is 214 cm³/mol. The summed E-state index contributed by atoms with van der Waals surface area (Å²) in [4.78, 5) is 2.44. The first kappa shape index (κ1) is 29.7. The topological polar surface area (TPSA) is 3.24 Å². The molecular formula is C44H41NSi2. The molecule has 0 aromatic heterocycles. The van der Waals surface area contributed by atoms with E-state index in [-0.39, 0.29) is 0 Å². The van der Waals surface area contributed by atoms with Crippen molar-refractivity contribution >= 4 is 86.7 Å². The van der Waals surface area contributed by atoms with Gasteiger partial charge in [-0.05, 0) is 109 Å². The first-order valence-electron chi connectivity index (χ1n) is 16.8. The zero-order valence-corrected chi connectivity index (χ0v) is 30.2. The van der Waals surface area contributed by atoms with E-state index < -0.39 is 16.1 Å². The molecular weight excluding hydrogens is 599 g/mol. The number of hydrogen-bond acceptors (Lipinski definition) is 1. The van der Waals surface area contributed by atoms with Crippen LogP contribution in [0.25, 0.3) is 54.2 Å². The van der Waals surface area contributed by atoms with Crippen molar-refractivity contribution in [3.05, 3.63) is 140 Å². The van der Waals surface area contributed by atoms with E-state index in [1.165, 1.54) is 81.7 Å².